The molecule has 1 unspecified atom stereocenters. The first-order valence-corrected chi connectivity index (χ1v) is 10.8. The van der Waals surface area contributed by atoms with Crippen LogP contribution in [0, 0.1) is 0 Å². The van der Waals surface area contributed by atoms with Crippen LogP contribution in [0.25, 0.3) is 0 Å². The van der Waals surface area contributed by atoms with Crippen LogP contribution in [-0.4, -0.2) is 85.8 Å². The van der Waals surface area contributed by atoms with Crippen molar-refractivity contribution in [3.8, 4) is 0 Å². The Kier molecular flexibility index (Phi) is 12.5. The molecule has 1 aromatic heterocycles. The van der Waals surface area contributed by atoms with Crippen molar-refractivity contribution >= 4 is 17.9 Å². The molecule has 3 N–H and O–H groups in total. The largest absolute Gasteiger partial charge is 2.00 e. The molecular weight excluding hydrogens is 473 g/mol. The first kappa shape index (κ1) is 29.0. The number of pyridine rings is 1. The van der Waals surface area contributed by atoms with E-state index in [0.717, 1.165) is 18.4 Å². The Labute approximate surface area is 204 Å². The Hall–Kier alpha value is -2.04. The number of hydrogen-bond donors (Lipinski definition) is 3. The molecular formula is C22H33MnN3O7+2. The van der Waals surface area contributed by atoms with Gasteiger partial charge in [0.15, 0.2) is 0 Å². The van der Waals surface area contributed by atoms with Crippen LogP contribution < -0.4 is 0 Å². The van der Waals surface area contributed by atoms with E-state index in [-0.39, 0.29) is 48.3 Å². The SMILES string of the molecule is CC(C)OCc1ccnc(CN(CC(=O)O)[C@H]2CCCCC2N(CC(=O)O)CC(=O)O)c1.[Mn+2]. The second-order valence-electron chi connectivity index (χ2n) is 8.43. The zero-order valence-electron chi connectivity index (χ0n) is 19.0. The van der Waals surface area contributed by atoms with E-state index >= 15 is 0 Å². The molecule has 0 aromatic carbocycles. The summed E-state index contributed by atoms with van der Waals surface area (Å²) in [6, 6.07) is 3.05. The zero-order chi connectivity index (χ0) is 23.7. The molecule has 0 spiro atoms. The summed E-state index contributed by atoms with van der Waals surface area (Å²) in [5.74, 6) is -3.23. The Morgan fingerprint density at radius 1 is 1.00 bits per heavy atom. The minimum atomic E-state index is -1.11. The first-order chi connectivity index (χ1) is 15.2. The Morgan fingerprint density at radius 2 is 1.52 bits per heavy atom. The average Bonchev–Trinajstić information content (AvgIpc) is 2.70. The summed E-state index contributed by atoms with van der Waals surface area (Å²) in [6.45, 7) is 3.51. The van der Waals surface area contributed by atoms with Gasteiger partial charge < -0.3 is 20.1 Å². The molecule has 2 atom stereocenters. The van der Waals surface area contributed by atoms with E-state index in [1.54, 1.807) is 11.1 Å². The van der Waals surface area contributed by atoms with Crippen LogP contribution >= 0.6 is 0 Å². The van der Waals surface area contributed by atoms with Crippen molar-refractivity contribution in [2.75, 3.05) is 19.6 Å². The Morgan fingerprint density at radius 3 is 2.03 bits per heavy atom. The summed E-state index contributed by atoms with van der Waals surface area (Å²) >= 11 is 0. The summed E-state index contributed by atoms with van der Waals surface area (Å²) in [6.07, 6.45) is 4.69. The fourth-order valence-electron chi connectivity index (χ4n) is 4.22. The fraction of sp³-hybridized carbons (Fsp3) is 0.636. The molecule has 33 heavy (non-hydrogen) atoms. The van der Waals surface area contributed by atoms with E-state index in [9.17, 15) is 29.7 Å². The van der Waals surface area contributed by atoms with Gasteiger partial charge in [0, 0.05) is 24.8 Å². The average molecular weight is 506 g/mol. The standard InChI is InChI=1S/C22H33N3O7.Mn/c1-15(2)32-14-16-7-8-23-17(9-16)10-24(11-20(26)27)18-5-3-4-6-19(18)25(12-21(28)29)13-22(30)31;/h7-9,15,18-19H,3-6,10-14H2,1-2H3,(H,26,27)(H,28,29)(H,30,31);/q;+2/t18-,19?;/m0./s1. The van der Waals surface area contributed by atoms with Crippen LogP contribution in [0.15, 0.2) is 18.3 Å². The summed E-state index contributed by atoms with van der Waals surface area (Å²) in [5.41, 5.74) is 1.61. The van der Waals surface area contributed by atoms with Crippen molar-refractivity contribution in [3.05, 3.63) is 29.6 Å². The molecule has 1 aromatic rings. The number of carboxylic acids is 3. The van der Waals surface area contributed by atoms with Gasteiger partial charge in [-0.2, -0.15) is 0 Å². The second kappa shape index (κ2) is 14.3. The second-order valence-corrected chi connectivity index (χ2v) is 8.43. The monoisotopic (exact) mass is 506 g/mol. The predicted molar refractivity (Wildman–Crippen MR) is 115 cm³/mol. The molecule has 0 amide bonds. The molecule has 0 saturated heterocycles. The van der Waals surface area contributed by atoms with Crippen molar-refractivity contribution in [2.45, 2.75) is 70.9 Å². The zero-order valence-corrected chi connectivity index (χ0v) is 20.2. The van der Waals surface area contributed by atoms with Crippen molar-refractivity contribution in [2.24, 2.45) is 0 Å². The summed E-state index contributed by atoms with van der Waals surface area (Å²) in [7, 11) is 0. The number of nitrogens with zero attached hydrogens (tertiary/aromatic N) is 3. The maximum Gasteiger partial charge on any atom is 2.00 e. The van der Waals surface area contributed by atoms with E-state index in [1.165, 1.54) is 4.90 Å². The molecule has 0 bridgehead atoms. The fourth-order valence-corrected chi connectivity index (χ4v) is 4.22. The Bertz CT molecular complexity index is 777. The summed E-state index contributed by atoms with van der Waals surface area (Å²) < 4.78 is 5.64. The maximum absolute atomic E-state index is 11.6. The molecule has 2 rings (SSSR count). The van der Waals surface area contributed by atoms with Gasteiger partial charge in [-0.3, -0.25) is 29.2 Å². The van der Waals surface area contributed by atoms with Crippen LogP contribution in [0.4, 0.5) is 0 Å². The van der Waals surface area contributed by atoms with E-state index in [1.807, 2.05) is 26.0 Å². The van der Waals surface area contributed by atoms with E-state index in [2.05, 4.69) is 4.98 Å². The Balaban J connectivity index is 0.00000544. The first-order valence-electron chi connectivity index (χ1n) is 10.8. The van der Waals surface area contributed by atoms with Gasteiger partial charge in [0.05, 0.1) is 38.0 Å². The third-order valence-electron chi connectivity index (χ3n) is 5.48. The quantitative estimate of drug-likeness (QED) is 0.339. The molecule has 1 heterocycles. The minimum absolute atomic E-state index is 0. The molecule has 10 nitrogen and oxygen atoms in total. The van der Waals surface area contributed by atoms with Gasteiger partial charge >= 0.3 is 35.0 Å². The maximum atomic E-state index is 11.6. The number of carbonyl (C=O) groups is 3. The van der Waals surface area contributed by atoms with Crippen LogP contribution in [0.5, 0.6) is 0 Å². The number of aliphatic carboxylic acids is 3. The number of carboxylic acid groups (broad SMARTS) is 3. The molecule has 0 aliphatic heterocycles. The van der Waals surface area contributed by atoms with Gasteiger partial charge in [0.1, 0.15) is 0 Å². The van der Waals surface area contributed by atoms with Crippen molar-refractivity contribution < 1.29 is 51.5 Å². The smallest absolute Gasteiger partial charge is 0.480 e. The molecule has 1 fully saturated rings. The third-order valence-corrected chi connectivity index (χ3v) is 5.48. The number of hydrogen-bond acceptors (Lipinski definition) is 7. The van der Waals surface area contributed by atoms with E-state index in [0.29, 0.717) is 25.1 Å². The van der Waals surface area contributed by atoms with Crippen LogP contribution in [0.3, 0.4) is 0 Å². The van der Waals surface area contributed by atoms with Crippen LogP contribution in [-0.2, 0) is 49.3 Å². The van der Waals surface area contributed by atoms with Gasteiger partial charge in [-0.05, 0) is 44.4 Å². The normalized spacial score (nSPS) is 18.3. The van der Waals surface area contributed by atoms with E-state index in [4.69, 9.17) is 4.74 Å². The van der Waals surface area contributed by atoms with Crippen molar-refractivity contribution in [1.29, 1.82) is 0 Å². The van der Waals surface area contributed by atoms with E-state index < -0.39 is 31.0 Å². The van der Waals surface area contributed by atoms with Gasteiger partial charge in [-0.25, -0.2) is 0 Å². The number of ether oxygens (including phenoxy) is 1. The molecule has 1 radical (unpaired) electrons. The third kappa shape index (κ3) is 10.2. The number of rotatable bonds is 13. The van der Waals surface area contributed by atoms with Crippen molar-refractivity contribution in [3.63, 3.8) is 0 Å². The van der Waals surface area contributed by atoms with Gasteiger partial charge in [0.25, 0.3) is 0 Å². The molecule has 183 valence electrons. The minimum Gasteiger partial charge on any atom is -0.480 e. The van der Waals surface area contributed by atoms with Crippen LogP contribution in [0.1, 0.15) is 50.8 Å². The van der Waals surface area contributed by atoms with Gasteiger partial charge in [-0.15, -0.1) is 0 Å². The molecule has 11 heteroatoms. The van der Waals surface area contributed by atoms with Crippen molar-refractivity contribution in [1.82, 2.24) is 14.8 Å². The summed E-state index contributed by atoms with van der Waals surface area (Å²) in [5, 5.41) is 28.1. The van der Waals surface area contributed by atoms with Gasteiger partial charge in [-0.1, -0.05) is 12.8 Å². The molecule has 1 aliphatic carbocycles. The predicted octanol–water partition coefficient (Wildman–Crippen LogP) is 1.67. The topological polar surface area (TPSA) is 140 Å². The van der Waals surface area contributed by atoms with Crippen LogP contribution in [0.2, 0.25) is 0 Å². The van der Waals surface area contributed by atoms with Gasteiger partial charge in [0.2, 0.25) is 0 Å². The molecule has 1 saturated carbocycles. The molecule has 1 aliphatic rings. The number of aromatic nitrogens is 1. The summed E-state index contributed by atoms with van der Waals surface area (Å²) in [4.78, 5) is 42.0.